The third-order valence-corrected chi connectivity index (χ3v) is 4.13. The van der Waals surface area contributed by atoms with Gasteiger partial charge >= 0.3 is 0 Å². The minimum Gasteiger partial charge on any atom is -0.370 e. The molecule has 1 saturated heterocycles. The van der Waals surface area contributed by atoms with Gasteiger partial charge in [0, 0.05) is 24.5 Å². The zero-order valence-corrected chi connectivity index (χ0v) is 12.1. The van der Waals surface area contributed by atoms with Gasteiger partial charge in [-0.15, -0.1) is 0 Å². The van der Waals surface area contributed by atoms with E-state index in [1.54, 1.807) is 6.07 Å². The van der Waals surface area contributed by atoms with Crippen molar-refractivity contribution in [3.05, 3.63) is 34.9 Å². The average molecular weight is 295 g/mol. The lowest BCUT2D eigenvalue weighted by Crippen LogP contribution is -2.40. The number of hydrogen-bond donors (Lipinski definition) is 1. The van der Waals surface area contributed by atoms with Crippen molar-refractivity contribution >= 4 is 23.4 Å². The Morgan fingerprint density at radius 1 is 1.25 bits per heavy atom. The minimum atomic E-state index is -0.258. The highest BCUT2D eigenvalue weighted by Crippen LogP contribution is 2.22. The Balaban J connectivity index is 1.86. The predicted octanol–water partition coefficient (Wildman–Crippen LogP) is 2.00. The van der Waals surface area contributed by atoms with Gasteiger partial charge < -0.3 is 10.6 Å². The first kappa shape index (κ1) is 14.9. The first-order valence-electron chi connectivity index (χ1n) is 6.85. The first-order chi connectivity index (χ1) is 9.56. The van der Waals surface area contributed by atoms with E-state index in [1.165, 1.54) is 0 Å². The summed E-state index contributed by atoms with van der Waals surface area (Å²) in [5.41, 5.74) is 6.06. The van der Waals surface area contributed by atoms with E-state index >= 15 is 0 Å². The van der Waals surface area contributed by atoms with Crippen LogP contribution in [0.3, 0.4) is 0 Å². The van der Waals surface area contributed by atoms with Crippen molar-refractivity contribution in [1.82, 2.24) is 4.90 Å². The van der Waals surface area contributed by atoms with Crippen LogP contribution in [0.2, 0.25) is 5.02 Å². The Kier molecular flexibility index (Phi) is 5.01. The maximum absolute atomic E-state index is 12.2. The van der Waals surface area contributed by atoms with Crippen LogP contribution in [0.4, 0.5) is 0 Å². The van der Waals surface area contributed by atoms with Gasteiger partial charge in [0.05, 0.1) is 6.42 Å². The fourth-order valence-electron chi connectivity index (χ4n) is 2.59. The van der Waals surface area contributed by atoms with Crippen LogP contribution in [-0.2, 0) is 16.0 Å². The van der Waals surface area contributed by atoms with Gasteiger partial charge in [0.15, 0.2) is 0 Å². The standard InChI is InChI=1S/C15H19ClN2O2/c16-13-4-2-1-3-12(13)10-15(20)18-7-5-11(6-8-18)9-14(17)19/h1-4,11H,5-10H2,(H2,17,19). The van der Waals surface area contributed by atoms with Crippen LogP contribution in [0, 0.1) is 5.92 Å². The molecule has 2 N–H and O–H groups in total. The summed E-state index contributed by atoms with van der Waals surface area (Å²) in [6.45, 7) is 1.39. The highest BCUT2D eigenvalue weighted by atomic mass is 35.5. The highest BCUT2D eigenvalue weighted by molar-refractivity contribution is 6.31. The molecule has 1 fully saturated rings. The molecule has 0 unspecified atom stereocenters. The normalized spacial score (nSPS) is 16.1. The molecule has 20 heavy (non-hydrogen) atoms. The van der Waals surface area contributed by atoms with Gasteiger partial charge in [-0.2, -0.15) is 0 Å². The van der Waals surface area contributed by atoms with Crippen molar-refractivity contribution < 1.29 is 9.59 Å². The smallest absolute Gasteiger partial charge is 0.227 e. The lowest BCUT2D eigenvalue weighted by molar-refractivity contribution is -0.131. The van der Waals surface area contributed by atoms with E-state index in [1.807, 2.05) is 23.1 Å². The number of nitrogens with zero attached hydrogens (tertiary/aromatic N) is 1. The van der Waals surface area contributed by atoms with Gasteiger partial charge in [0.25, 0.3) is 0 Å². The summed E-state index contributed by atoms with van der Waals surface area (Å²) in [5, 5.41) is 0.629. The molecule has 0 bridgehead atoms. The van der Waals surface area contributed by atoms with Crippen molar-refractivity contribution in [3.8, 4) is 0 Å². The van der Waals surface area contributed by atoms with Crippen LogP contribution in [0.1, 0.15) is 24.8 Å². The van der Waals surface area contributed by atoms with Gasteiger partial charge in [0.2, 0.25) is 11.8 Å². The van der Waals surface area contributed by atoms with E-state index in [0.717, 1.165) is 18.4 Å². The second-order valence-corrected chi connectivity index (χ2v) is 5.67. The van der Waals surface area contributed by atoms with Crippen LogP contribution in [0.25, 0.3) is 0 Å². The monoisotopic (exact) mass is 294 g/mol. The topological polar surface area (TPSA) is 63.4 Å². The van der Waals surface area contributed by atoms with Crippen molar-refractivity contribution in [2.24, 2.45) is 11.7 Å². The highest BCUT2D eigenvalue weighted by Gasteiger charge is 2.24. The van der Waals surface area contributed by atoms with Gasteiger partial charge in [0.1, 0.15) is 0 Å². The number of piperidine rings is 1. The Morgan fingerprint density at radius 2 is 1.90 bits per heavy atom. The van der Waals surface area contributed by atoms with Gasteiger partial charge in [-0.05, 0) is 30.4 Å². The molecule has 1 aromatic carbocycles. The molecule has 0 radical (unpaired) electrons. The Labute approximate surface area is 123 Å². The van der Waals surface area contributed by atoms with Crippen LogP contribution in [-0.4, -0.2) is 29.8 Å². The molecule has 2 amide bonds. The predicted molar refractivity (Wildman–Crippen MR) is 78.3 cm³/mol. The average Bonchev–Trinajstić information content (AvgIpc) is 2.41. The zero-order valence-electron chi connectivity index (χ0n) is 11.3. The molecule has 1 aliphatic heterocycles. The number of benzene rings is 1. The lowest BCUT2D eigenvalue weighted by atomic mass is 9.93. The van der Waals surface area contributed by atoms with E-state index in [-0.39, 0.29) is 11.8 Å². The fraction of sp³-hybridized carbons (Fsp3) is 0.467. The number of carbonyl (C=O) groups excluding carboxylic acids is 2. The summed E-state index contributed by atoms with van der Waals surface area (Å²) in [5.74, 6) is 0.151. The summed E-state index contributed by atoms with van der Waals surface area (Å²) in [6, 6.07) is 7.41. The number of halogens is 1. The Morgan fingerprint density at radius 3 is 2.50 bits per heavy atom. The number of likely N-dealkylation sites (tertiary alicyclic amines) is 1. The molecule has 0 saturated carbocycles. The SMILES string of the molecule is NC(=O)CC1CCN(C(=O)Cc2ccccc2Cl)CC1. The van der Waals surface area contributed by atoms with E-state index in [4.69, 9.17) is 17.3 Å². The number of amides is 2. The molecule has 1 aromatic rings. The van der Waals surface area contributed by atoms with Crippen molar-refractivity contribution in [2.75, 3.05) is 13.1 Å². The Hall–Kier alpha value is -1.55. The molecular formula is C15H19ClN2O2. The molecule has 4 nitrogen and oxygen atoms in total. The largest absolute Gasteiger partial charge is 0.370 e. The zero-order chi connectivity index (χ0) is 14.5. The minimum absolute atomic E-state index is 0.0932. The van der Waals surface area contributed by atoms with Gasteiger partial charge in [-0.25, -0.2) is 0 Å². The van der Waals surface area contributed by atoms with E-state index < -0.39 is 0 Å². The summed E-state index contributed by atoms with van der Waals surface area (Å²) in [4.78, 5) is 25.0. The summed E-state index contributed by atoms with van der Waals surface area (Å²) in [7, 11) is 0. The summed E-state index contributed by atoms with van der Waals surface area (Å²) < 4.78 is 0. The van der Waals surface area contributed by atoms with Gasteiger partial charge in [-0.1, -0.05) is 29.8 Å². The number of carbonyl (C=O) groups is 2. The first-order valence-corrected chi connectivity index (χ1v) is 7.23. The van der Waals surface area contributed by atoms with E-state index in [0.29, 0.717) is 36.9 Å². The van der Waals surface area contributed by atoms with E-state index in [9.17, 15) is 9.59 Å². The number of primary amides is 1. The molecule has 0 spiro atoms. The molecular weight excluding hydrogens is 276 g/mol. The molecule has 0 aromatic heterocycles. The molecule has 0 aliphatic carbocycles. The molecule has 1 heterocycles. The Bertz CT molecular complexity index is 496. The van der Waals surface area contributed by atoms with E-state index in [2.05, 4.69) is 0 Å². The molecule has 0 atom stereocenters. The van der Waals surface area contributed by atoms with Crippen molar-refractivity contribution in [3.63, 3.8) is 0 Å². The van der Waals surface area contributed by atoms with Gasteiger partial charge in [-0.3, -0.25) is 9.59 Å². The number of hydrogen-bond acceptors (Lipinski definition) is 2. The fourth-order valence-corrected chi connectivity index (χ4v) is 2.79. The second kappa shape index (κ2) is 6.75. The number of nitrogens with two attached hydrogens (primary N) is 1. The number of rotatable bonds is 4. The third kappa shape index (κ3) is 3.97. The molecule has 1 aliphatic rings. The maximum Gasteiger partial charge on any atom is 0.227 e. The summed E-state index contributed by atoms with van der Waals surface area (Å²) >= 11 is 6.07. The third-order valence-electron chi connectivity index (χ3n) is 3.76. The molecule has 5 heteroatoms. The lowest BCUT2D eigenvalue weighted by Gasteiger charge is -2.31. The summed E-state index contributed by atoms with van der Waals surface area (Å²) in [6.07, 6.45) is 2.45. The van der Waals surface area contributed by atoms with Crippen LogP contribution < -0.4 is 5.73 Å². The van der Waals surface area contributed by atoms with Crippen molar-refractivity contribution in [2.45, 2.75) is 25.7 Å². The van der Waals surface area contributed by atoms with Crippen molar-refractivity contribution in [1.29, 1.82) is 0 Å². The maximum atomic E-state index is 12.2. The quantitative estimate of drug-likeness (QED) is 0.923. The van der Waals surface area contributed by atoms with Crippen LogP contribution in [0.5, 0.6) is 0 Å². The second-order valence-electron chi connectivity index (χ2n) is 5.26. The molecule has 2 rings (SSSR count). The van der Waals surface area contributed by atoms with Crippen LogP contribution >= 0.6 is 11.6 Å². The molecule has 108 valence electrons. The van der Waals surface area contributed by atoms with Crippen LogP contribution in [0.15, 0.2) is 24.3 Å².